The average molecular weight is 456 g/mol. The van der Waals surface area contributed by atoms with Crippen molar-refractivity contribution < 1.29 is 0 Å². The number of hydrogen-bond acceptors (Lipinski definition) is 6. The molecule has 0 atom stereocenters. The highest BCUT2D eigenvalue weighted by atomic mass is 32.2. The van der Waals surface area contributed by atoms with Crippen molar-refractivity contribution in [2.75, 3.05) is 12.3 Å². The molecule has 4 aromatic rings. The van der Waals surface area contributed by atoms with Crippen LogP contribution < -0.4 is 5.56 Å². The molecule has 6 nitrogen and oxygen atoms in total. The highest BCUT2D eigenvalue weighted by Crippen LogP contribution is 2.24. The first-order chi connectivity index (χ1) is 16.2. The zero-order valence-corrected chi connectivity index (χ0v) is 19.3. The zero-order chi connectivity index (χ0) is 22.6. The molecular formula is C26H25N5OS. The second kappa shape index (κ2) is 9.68. The van der Waals surface area contributed by atoms with E-state index in [0.717, 1.165) is 58.9 Å². The molecule has 0 fully saturated rings. The van der Waals surface area contributed by atoms with Crippen LogP contribution in [0.2, 0.25) is 0 Å². The number of benzene rings is 1. The SMILES string of the molecule is CCSc1ccc(-c2ccc(CN3CCc4nc(-c5ccncc5)[nH]c(=O)c4C3)cn2)cc1. The van der Waals surface area contributed by atoms with Crippen LogP contribution in [0.1, 0.15) is 23.7 Å². The highest BCUT2D eigenvalue weighted by molar-refractivity contribution is 7.99. The summed E-state index contributed by atoms with van der Waals surface area (Å²) in [5, 5.41) is 0. The molecule has 7 heteroatoms. The van der Waals surface area contributed by atoms with Crippen molar-refractivity contribution in [1.82, 2.24) is 24.8 Å². The molecule has 1 N–H and O–H groups in total. The molecule has 0 bridgehead atoms. The van der Waals surface area contributed by atoms with Gasteiger partial charge in [-0.1, -0.05) is 25.1 Å². The van der Waals surface area contributed by atoms with Gasteiger partial charge in [0.15, 0.2) is 0 Å². The van der Waals surface area contributed by atoms with Crippen molar-refractivity contribution >= 4 is 11.8 Å². The summed E-state index contributed by atoms with van der Waals surface area (Å²) in [6, 6.07) is 16.5. The Balaban J connectivity index is 1.27. The maximum absolute atomic E-state index is 12.8. The topological polar surface area (TPSA) is 74.8 Å². The number of H-pyrrole nitrogens is 1. The maximum atomic E-state index is 12.8. The quantitative estimate of drug-likeness (QED) is 0.430. The maximum Gasteiger partial charge on any atom is 0.255 e. The van der Waals surface area contributed by atoms with Crippen molar-refractivity contribution in [2.24, 2.45) is 0 Å². The van der Waals surface area contributed by atoms with Gasteiger partial charge in [0, 0.05) is 60.7 Å². The fourth-order valence-electron chi connectivity index (χ4n) is 4.10. The molecule has 3 aromatic heterocycles. The van der Waals surface area contributed by atoms with Crippen LogP contribution in [-0.2, 0) is 19.5 Å². The lowest BCUT2D eigenvalue weighted by molar-refractivity contribution is 0.241. The van der Waals surface area contributed by atoms with Gasteiger partial charge < -0.3 is 4.98 Å². The smallest absolute Gasteiger partial charge is 0.255 e. The highest BCUT2D eigenvalue weighted by Gasteiger charge is 2.21. The Kier molecular flexibility index (Phi) is 6.32. The number of nitrogens with one attached hydrogen (secondary N) is 1. The Bertz CT molecular complexity index is 1290. The molecule has 0 amide bonds. The van der Waals surface area contributed by atoms with E-state index >= 15 is 0 Å². The van der Waals surface area contributed by atoms with E-state index in [2.05, 4.69) is 63.2 Å². The molecule has 0 saturated heterocycles. The van der Waals surface area contributed by atoms with Gasteiger partial charge >= 0.3 is 0 Å². The van der Waals surface area contributed by atoms with Gasteiger partial charge in [-0.2, -0.15) is 0 Å². The standard InChI is InChI=1S/C26H25N5OS/c1-2-33-21-6-4-19(5-7-21)23-8-3-18(15-28-23)16-31-14-11-24-22(17-31)26(32)30-25(29-24)20-9-12-27-13-10-20/h3-10,12-13,15H,2,11,14,16-17H2,1H3,(H,29,30,32). The van der Waals surface area contributed by atoms with Crippen LogP contribution in [0, 0.1) is 0 Å². The number of pyridine rings is 2. The summed E-state index contributed by atoms with van der Waals surface area (Å²) in [5.74, 6) is 1.68. The minimum absolute atomic E-state index is 0.0605. The molecule has 0 unspecified atom stereocenters. The third-order valence-electron chi connectivity index (χ3n) is 5.79. The molecule has 0 spiro atoms. The first-order valence-electron chi connectivity index (χ1n) is 11.1. The van der Waals surface area contributed by atoms with Crippen LogP contribution in [0.4, 0.5) is 0 Å². The lowest BCUT2D eigenvalue weighted by atomic mass is 10.1. The predicted octanol–water partition coefficient (Wildman–Crippen LogP) is 4.56. The first-order valence-corrected chi connectivity index (χ1v) is 12.1. The molecule has 5 rings (SSSR count). The Hall–Kier alpha value is -3.29. The van der Waals surface area contributed by atoms with Crippen molar-refractivity contribution in [1.29, 1.82) is 0 Å². The van der Waals surface area contributed by atoms with E-state index in [1.54, 1.807) is 12.4 Å². The van der Waals surface area contributed by atoms with Gasteiger partial charge in [0.25, 0.3) is 5.56 Å². The largest absolute Gasteiger partial charge is 0.306 e. The number of fused-ring (bicyclic) bond motifs is 1. The summed E-state index contributed by atoms with van der Waals surface area (Å²) in [5.41, 5.74) is 5.69. The van der Waals surface area contributed by atoms with Crippen molar-refractivity contribution in [2.45, 2.75) is 31.3 Å². The number of nitrogens with zero attached hydrogens (tertiary/aromatic N) is 4. The van der Waals surface area contributed by atoms with Crippen LogP contribution in [-0.4, -0.2) is 37.1 Å². The Labute approximate surface area is 197 Å². The molecule has 33 heavy (non-hydrogen) atoms. The van der Waals surface area contributed by atoms with Gasteiger partial charge in [-0.05, 0) is 41.6 Å². The summed E-state index contributed by atoms with van der Waals surface area (Å²) in [7, 11) is 0. The van der Waals surface area contributed by atoms with E-state index in [0.29, 0.717) is 12.4 Å². The molecular weight excluding hydrogens is 430 g/mol. The Morgan fingerprint density at radius 1 is 1.03 bits per heavy atom. The van der Waals surface area contributed by atoms with Crippen molar-refractivity contribution in [3.8, 4) is 22.6 Å². The molecule has 0 aliphatic carbocycles. The van der Waals surface area contributed by atoms with Crippen LogP contribution in [0.3, 0.4) is 0 Å². The molecule has 0 radical (unpaired) electrons. The zero-order valence-electron chi connectivity index (χ0n) is 18.5. The van der Waals surface area contributed by atoms with Gasteiger partial charge in [0.05, 0.1) is 17.0 Å². The Morgan fingerprint density at radius 2 is 1.85 bits per heavy atom. The summed E-state index contributed by atoms with van der Waals surface area (Å²) >= 11 is 1.84. The monoisotopic (exact) mass is 455 g/mol. The number of thioether (sulfide) groups is 1. The number of aromatic nitrogens is 4. The van der Waals surface area contributed by atoms with E-state index in [-0.39, 0.29) is 5.56 Å². The third-order valence-corrected chi connectivity index (χ3v) is 6.69. The fourth-order valence-corrected chi connectivity index (χ4v) is 4.76. The number of rotatable bonds is 6. The molecule has 4 heterocycles. The number of aromatic amines is 1. The van der Waals surface area contributed by atoms with Crippen molar-refractivity contribution in [3.05, 3.63) is 94.3 Å². The summed E-state index contributed by atoms with van der Waals surface area (Å²) < 4.78 is 0. The van der Waals surface area contributed by atoms with E-state index < -0.39 is 0 Å². The molecule has 1 aromatic carbocycles. The second-order valence-electron chi connectivity index (χ2n) is 8.05. The van der Waals surface area contributed by atoms with Crippen molar-refractivity contribution in [3.63, 3.8) is 0 Å². The first kappa shape index (κ1) is 21.6. The molecule has 0 saturated carbocycles. The predicted molar refractivity (Wildman–Crippen MR) is 132 cm³/mol. The second-order valence-corrected chi connectivity index (χ2v) is 9.38. The molecule has 1 aliphatic rings. The van der Waals surface area contributed by atoms with E-state index in [1.165, 1.54) is 4.90 Å². The third kappa shape index (κ3) is 4.89. The van der Waals surface area contributed by atoms with Crippen LogP contribution in [0.15, 0.2) is 76.8 Å². The minimum atomic E-state index is -0.0605. The van der Waals surface area contributed by atoms with E-state index in [4.69, 9.17) is 4.98 Å². The van der Waals surface area contributed by atoms with Crippen LogP contribution in [0.5, 0.6) is 0 Å². The summed E-state index contributed by atoms with van der Waals surface area (Å²) in [6.45, 7) is 4.36. The van der Waals surface area contributed by atoms with Gasteiger partial charge in [-0.15, -0.1) is 11.8 Å². The van der Waals surface area contributed by atoms with E-state index in [1.807, 2.05) is 30.1 Å². The van der Waals surface area contributed by atoms with Crippen LogP contribution >= 0.6 is 11.8 Å². The van der Waals surface area contributed by atoms with E-state index in [9.17, 15) is 4.79 Å². The van der Waals surface area contributed by atoms with Gasteiger partial charge in [-0.25, -0.2) is 4.98 Å². The lowest BCUT2D eigenvalue weighted by Crippen LogP contribution is -2.35. The Morgan fingerprint density at radius 3 is 2.58 bits per heavy atom. The lowest BCUT2D eigenvalue weighted by Gasteiger charge is -2.27. The fraction of sp³-hybridized carbons (Fsp3) is 0.231. The van der Waals surface area contributed by atoms with Gasteiger partial charge in [0.2, 0.25) is 0 Å². The summed E-state index contributed by atoms with van der Waals surface area (Å²) in [4.78, 5) is 32.7. The van der Waals surface area contributed by atoms with Crippen LogP contribution in [0.25, 0.3) is 22.6 Å². The number of hydrogen-bond donors (Lipinski definition) is 1. The van der Waals surface area contributed by atoms with Gasteiger partial charge in [-0.3, -0.25) is 19.7 Å². The molecule has 166 valence electrons. The van der Waals surface area contributed by atoms with Gasteiger partial charge in [0.1, 0.15) is 5.82 Å². The summed E-state index contributed by atoms with van der Waals surface area (Å²) in [6.07, 6.45) is 6.10. The average Bonchev–Trinajstić information content (AvgIpc) is 2.86. The normalized spacial score (nSPS) is 13.6. The minimum Gasteiger partial charge on any atom is -0.306 e. The molecule has 1 aliphatic heterocycles.